The van der Waals surface area contributed by atoms with E-state index in [1.807, 2.05) is 4.90 Å². The molecule has 0 aromatic carbocycles. The number of amides is 2. The van der Waals surface area contributed by atoms with Crippen molar-refractivity contribution >= 4 is 17.8 Å². The van der Waals surface area contributed by atoms with Gasteiger partial charge in [-0.15, -0.1) is 0 Å². The summed E-state index contributed by atoms with van der Waals surface area (Å²) in [6, 6.07) is 0. The highest BCUT2D eigenvalue weighted by Gasteiger charge is 2.37. The fourth-order valence-electron chi connectivity index (χ4n) is 2.68. The molecule has 0 atom stereocenters. The Morgan fingerprint density at radius 2 is 1.71 bits per heavy atom. The summed E-state index contributed by atoms with van der Waals surface area (Å²) in [5, 5.41) is 12.0. The number of carboxylic acid groups (broad SMARTS) is 1. The third-order valence-electron chi connectivity index (χ3n) is 4.43. The van der Waals surface area contributed by atoms with Gasteiger partial charge in [0.1, 0.15) is 0 Å². The van der Waals surface area contributed by atoms with Crippen molar-refractivity contribution in [2.75, 3.05) is 19.6 Å². The van der Waals surface area contributed by atoms with E-state index in [0.29, 0.717) is 12.8 Å². The van der Waals surface area contributed by atoms with Crippen LogP contribution in [0.15, 0.2) is 0 Å². The van der Waals surface area contributed by atoms with E-state index < -0.39 is 11.4 Å². The van der Waals surface area contributed by atoms with Crippen molar-refractivity contribution in [1.29, 1.82) is 0 Å². The molecule has 0 bridgehead atoms. The van der Waals surface area contributed by atoms with Crippen molar-refractivity contribution in [1.82, 2.24) is 10.2 Å². The monoisotopic (exact) mass is 298 g/mol. The maximum atomic E-state index is 11.9. The lowest BCUT2D eigenvalue weighted by Crippen LogP contribution is -2.38. The molecular weight excluding hydrogens is 272 g/mol. The molecule has 0 aromatic rings. The van der Waals surface area contributed by atoms with Crippen LogP contribution in [0.1, 0.15) is 52.4 Å². The van der Waals surface area contributed by atoms with Crippen LogP contribution in [0.3, 0.4) is 0 Å². The first-order chi connectivity index (χ1) is 9.95. The Morgan fingerprint density at radius 1 is 1.14 bits per heavy atom. The molecule has 0 spiro atoms. The van der Waals surface area contributed by atoms with E-state index >= 15 is 0 Å². The molecule has 0 unspecified atom stereocenters. The molecule has 6 nitrogen and oxygen atoms in total. The number of rotatable bonds is 8. The Morgan fingerprint density at radius 3 is 2.19 bits per heavy atom. The predicted molar refractivity (Wildman–Crippen MR) is 78.7 cm³/mol. The molecule has 1 aliphatic heterocycles. The van der Waals surface area contributed by atoms with Gasteiger partial charge in [0.2, 0.25) is 11.8 Å². The summed E-state index contributed by atoms with van der Waals surface area (Å²) < 4.78 is 0. The van der Waals surface area contributed by atoms with Gasteiger partial charge < -0.3 is 15.3 Å². The van der Waals surface area contributed by atoms with Crippen molar-refractivity contribution in [2.45, 2.75) is 52.4 Å². The Bertz CT molecular complexity index is 385. The maximum absolute atomic E-state index is 11.9. The summed E-state index contributed by atoms with van der Waals surface area (Å²) in [4.78, 5) is 36.8. The molecule has 2 N–H and O–H groups in total. The number of hydrogen-bond acceptors (Lipinski definition) is 3. The molecule has 0 saturated carbocycles. The van der Waals surface area contributed by atoms with E-state index in [1.54, 1.807) is 13.8 Å². The van der Waals surface area contributed by atoms with E-state index in [-0.39, 0.29) is 31.2 Å². The molecule has 2 amide bonds. The second-order valence-corrected chi connectivity index (χ2v) is 5.66. The van der Waals surface area contributed by atoms with Crippen LogP contribution in [0.25, 0.3) is 0 Å². The van der Waals surface area contributed by atoms with E-state index in [1.165, 1.54) is 0 Å². The zero-order chi connectivity index (χ0) is 15.9. The first kappa shape index (κ1) is 17.5. The third-order valence-corrected chi connectivity index (χ3v) is 4.43. The number of carbonyl (C=O) groups excluding carboxylic acids is 2. The van der Waals surface area contributed by atoms with Gasteiger partial charge in [0, 0.05) is 32.5 Å². The number of carboxylic acids is 1. The molecule has 0 aromatic heterocycles. The molecule has 6 heteroatoms. The SMILES string of the molecule is CCC(CC)(CC(=O)NCCC(=O)N1CCCC1)C(=O)O. The lowest BCUT2D eigenvalue weighted by atomic mass is 9.79. The second-order valence-electron chi connectivity index (χ2n) is 5.66. The molecule has 1 rings (SSSR count). The lowest BCUT2D eigenvalue weighted by molar-refractivity contribution is -0.152. The summed E-state index contributed by atoms with van der Waals surface area (Å²) in [6.07, 6.45) is 3.17. The van der Waals surface area contributed by atoms with E-state index in [2.05, 4.69) is 5.32 Å². The average Bonchev–Trinajstić information content (AvgIpc) is 2.98. The molecule has 1 heterocycles. The molecular formula is C15H26N2O4. The molecule has 0 radical (unpaired) electrons. The third kappa shape index (κ3) is 4.72. The van der Waals surface area contributed by atoms with Gasteiger partial charge in [0.25, 0.3) is 0 Å². The molecule has 0 aliphatic carbocycles. The van der Waals surface area contributed by atoms with Gasteiger partial charge in [0.15, 0.2) is 0 Å². The molecule has 120 valence electrons. The number of nitrogens with zero attached hydrogens (tertiary/aromatic N) is 1. The number of carbonyl (C=O) groups is 3. The average molecular weight is 298 g/mol. The minimum atomic E-state index is -0.997. The number of aliphatic carboxylic acids is 1. The van der Waals surface area contributed by atoms with Gasteiger partial charge in [-0.05, 0) is 25.7 Å². The maximum Gasteiger partial charge on any atom is 0.310 e. The van der Waals surface area contributed by atoms with Crippen LogP contribution in [-0.4, -0.2) is 47.4 Å². The Balaban J connectivity index is 2.36. The quantitative estimate of drug-likeness (QED) is 0.709. The lowest BCUT2D eigenvalue weighted by Gasteiger charge is -2.25. The van der Waals surface area contributed by atoms with Crippen molar-refractivity contribution in [2.24, 2.45) is 5.41 Å². The number of hydrogen-bond donors (Lipinski definition) is 2. The smallest absolute Gasteiger partial charge is 0.310 e. The summed E-state index contributed by atoms with van der Waals surface area (Å²) in [5.41, 5.74) is -0.997. The van der Waals surface area contributed by atoms with Crippen LogP contribution in [0.5, 0.6) is 0 Å². The van der Waals surface area contributed by atoms with Gasteiger partial charge >= 0.3 is 5.97 Å². The normalized spacial score (nSPS) is 15.0. The summed E-state index contributed by atoms with van der Waals surface area (Å²) in [7, 11) is 0. The van der Waals surface area contributed by atoms with Gasteiger partial charge in [0.05, 0.1) is 5.41 Å². The fraction of sp³-hybridized carbons (Fsp3) is 0.800. The first-order valence-corrected chi connectivity index (χ1v) is 7.73. The van der Waals surface area contributed by atoms with E-state index in [4.69, 9.17) is 0 Å². The van der Waals surface area contributed by atoms with Crippen LogP contribution >= 0.6 is 0 Å². The zero-order valence-corrected chi connectivity index (χ0v) is 13.0. The van der Waals surface area contributed by atoms with Crippen molar-refractivity contribution < 1.29 is 19.5 Å². The molecule has 21 heavy (non-hydrogen) atoms. The van der Waals surface area contributed by atoms with Crippen LogP contribution in [0, 0.1) is 5.41 Å². The fourth-order valence-corrected chi connectivity index (χ4v) is 2.68. The largest absolute Gasteiger partial charge is 0.481 e. The highest BCUT2D eigenvalue weighted by atomic mass is 16.4. The Labute approximate surface area is 125 Å². The zero-order valence-electron chi connectivity index (χ0n) is 13.0. The standard InChI is InChI=1S/C15H26N2O4/c1-3-15(4-2,14(20)21)11-12(18)16-8-7-13(19)17-9-5-6-10-17/h3-11H2,1-2H3,(H,16,18)(H,20,21). The Kier molecular flexibility index (Phi) is 6.65. The van der Waals surface area contributed by atoms with Gasteiger partial charge in [-0.25, -0.2) is 0 Å². The van der Waals surface area contributed by atoms with Crippen LogP contribution in [-0.2, 0) is 14.4 Å². The number of nitrogens with one attached hydrogen (secondary N) is 1. The van der Waals surface area contributed by atoms with Crippen LogP contribution < -0.4 is 5.32 Å². The Hall–Kier alpha value is -1.59. The highest BCUT2D eigenvalue weighted by Crippen LogP contribution is 2.30. The second kappa shape index (κ2) is 8.00. The minimum Gasteiger partial charge on any atom is -0.481 e. The first-order valence-electron chi connectivity index (χ1n) is 7.73. The van der Waals surface area contributed by atoms with Crippen molar-refractivity contribution in [3.63, 3.8) is 0 Å². The molecule has 1 fully saturated rings. The molecule has 1 aliphatic rings. The highest BCUT2D eigenvalue weighted by molar-refractivity contribution is 5.85. The van der Waals surface area contributed by atoms with Crippen LogP contribution in [0.4, 0.5) is 0 Å². The minimum absolute atomic E-state index is 0.0345. The van der Waals surface area contributed by atoms with Gasteiger partial charge in [-0.2, -0.15) is 0 Å². The topological polar surface area (TPSA) is 86.7 Å². The predicted octanol–water partition coefficient (Wildman–Crippen LogP) is 1.40. The summed E-state index contributed by atoms with van der Waals surface area (Å²) in [5.74, 6) is -1.17. The van der Waals surface area contributed by atoms with E-state index in [0.717, 1.165) is 25.9 Å². The van der Waals surface area contributed by atoms with E-state index in [9.17, 15) is 19.5 Å². The number of likely N-dealkylation sites (tertiary alicyclic amines) is 1. The van der Waals surface area contributed by atoms with Gasteiger partial charge in [-0.1, -0.05) is 13.8 Å². The van der Waals surface area contributed by atoms with Crippen molar-refractivity contribution in [3.05, 3.63) is 0 Å². The van der Waals surface area contributed by atoms with Crippen LogP contribution in [0.2, 0.25) is 0 Å². The van der Waals surface area contributed by atoms with Crippen molar-refractivity contribution in [3.8, 4) is 0 Å². The molecule has 1 saturated heterocycles. The van der Waals surface area contributed by atoms with Gasteiger partial charge in [-0.3, -0.25) is 14.4 Å². The summed E-state index contributed by atoms with van der Waals surface area (Å²) >= 11 is 0. The summed E-state index contributed by atoms with van der Waals surface area (Å²) in [6.45, 7) is 5.45.